The molecule has 11 heteroatoms. The zero-order chi connectivity index (χ0) is 23.4. The van der Waals surface area contributed by atoms with Gasteiger partial charge in [0.25, 0.3) is 5.91 Å². The fourth-order valence-corrected chi connectivity index (χ4v) is 3.81. The van der Waals surface area contributed by atoms with Crippen LogP contribution in [-0.4, -0.2) is 27.7 Å². The lowest BCUT2D eigenvalue weighted by molar-refractivity contribution is -0.141. The van der Waals surface area contributed by atoms with Crippen LogP contribution >= 0.6 is 23.2 Å². The highest BCUT2D eigenvalue weighted by Crippen LogP contribution is 2.36. The van der Waals surface area contributed by atoms with Crippen molar-refractivity contribution in [1.82, 2.24) is 14.8 Å². The molecule has 2 aromatic heterocycles. The molecule has 4 rings (SSSR count). The van der Waals surface area contributed by atoms with Gasteiger partial charge in [0.1, 0.15) is 5.52 Å². The normalized spacial score (nSPS) is 11.9. The first kappa shape index (κ1) is 22.2. The summed E-state index contributed by atoms with van der Waals surface area (Å²) in [6, 6.07) is 9.24. The lowest BCUT2D eigenvalue weighted by Gasteiger charge is -2.19. The molecular formula is C21H15Cl2F3N4O2. The van der Waals surface area contributed by atoms with Crippen molar-refractivity contribution in [3.63, 3.8) is 0 Å². The summed E-state index contributed by atoms with van der Waals surface area (Å²) in [4.78, 5) is 18.6. The number of fused-ring (bicyclic) bond motifs is 1. The van der Waals surface area contributed by atoms with Crippen molar-refractivity contribution in [3.05, 3.63) is 69.3 Å². The molecule has 4 aromatic rings. The summed E-state index contributed by atoms with van der Waals surface area (Å²) < 4.78 is 46.1. The number of halogens is 5. The highest BCUT2D eigenvalue weighted by molar-refractivity contribution is 6.35. The van der Waals surface area contributed by atoms with E-state index in [4.69, 9.17) is 27.6 Å². The molecule has 2 heterocycles. The molecule has 0 atom stereocenters. The maximum atomic E-state index is 13.2. The van der Waals surface area contributed by atoms with E-state index in [0.717, 1.165) is 4.68 Å². The molecule has 0 radical (unpaired) electrons. The van der Waals surface area contributed by atoms with E-state index >= 15 is 0 Å². The van der Waals surface area contributed by atoms with Gasteiger partial charge >= 0.3 is 6.18 Å². The van der Waals surface area contributed by atoms with E-state index in [0.29, 0.717) is 27.7 Å². The molecule has 0 aliphatic heterocycles. The van der Waals surface area contributed by atoms with Crippen LogP contribution in [0.2, 0.25) is 10.0 Å². The van der Waals surface area contributed by atoms with Crippen LogP contribution in [0.1, 0.15) is 27.6 Å². The monoisotopic (exact) mass is 482 g/mol. The number of hydrogen-bond acceptors (Lipinski definition) is 4. The Morgan fingerprint density at radius 1 is 1.16 bits per heavy atom. The molecule has 1 amide bonds. The number of hydrogen-bond donors (Lipinski definition) is 0. The van der Waals surface area contributed by atoms with Crippen LogP contribution in [0, 0.1) is 13.8 Å². The quantitative estimate of drug-likeness (QED) is 0.347. The largest absolute Gasteiger partial charge is 0.441 e. The molecule has 32 heavy (non-hydrogen) atoms. The summed E-state index contributed by atoms with van der Waals surface area (Å²) in [5.41, 5.74) is 0.811. The number of rotatable bonds is 3. The summed E-state index contributed by atoms with van der Waals surface area (Å²) in [7, 11) is 1.53. The molecule has 0 saturated heterocycles. The highest BCUT2D eigenvalue weighted by Gasteiger charge is 2.38. The zero-order valence-corrected chi connectivity index (χ0v) is 18.5. The summed E-state index contributed by atoms with van der Waals surface area (Å²) in [5, 5.41) is 3.40. The van der Waals surface area contributed by atoms with Gasteiger partial charge in [-0.05, 0) is 31.2 Å². The third-order valence-corrected chi connectivity index (χ3v) is 5.63. The van der Waals surface area contributed by atoms with Gasteiger partial charge in [-0.15, -0.1) is 0 Å². The first-order valence-corrected chi connectivity index (χ1v) is 10.0. The fraction of sp³-hybridized carbons (Fsp3) is 0.190. The summed E-state index contributed by atoms with van der Waals surface area (Å²) >= 11 is 12.2. The second-order valence-corrected chi connectivity index (χ2v) is 7.86. The number of aryl methyl sites for hydroxylation is 1. The number of alkyl halides is 3. The minimum Gasteiger partial charge on any atom is -0.441 e. The molecule has 166 valence electrons. The molecule has 0 N–H and O–H groups in total. The molecule has 0 aliphatic rings. The number of nitrogens with zero attached hydrogens (tertiary/aromatic N) is 4. The zero-order valence-electron chi connectivity index (χ0n) is 17.0. The fourth-order valence-electron chi connectivity index (χ4n) is 3.30. The number of benzene rings is 2. The Bertz CT molecular complexity index is 1360. The second-order valence-electron chi connectivity index (χ2n) is 7.08. The van der Waals surface area contributed by atoms with Crippen LogP contribution in [0.25, 0.3) is 16.8 Å². The minimum atomic E-state index is -4.70. The van der Waals surface area contributed by atoms with Gasteiger partial charge in [-0.2, -0.15) is 18.3 Å². The van der Waals surface area contributed by atoms with Crippen LogP contribution in [0.5, 0.6) is 0 Å². The van der Waals surface area contributed by atoms with Crippen LogP contribution < -0.4 is 4.90 Å². The topological polar surface area (TPSA) is 64.2 Å². The van der Waals surface area contributed by atoms with Crippen molar-refractivity contribution >= 4 is 45.9 Å². The predicted molar refractivity (Wildman–Crippen MR) is 115 cm³/mol. The van der Waals surface area contributed by atoms with Gasteiger partial charge in [-0.25, -0.2) is 9.67 Å². The van der Waals surface area contributed by atoms with Crippen molar-refractivity contribution in [2.24, 2.45) is 0 Å². The molecule has 0 spiro atoms. The Labute approximate surface area is 190 Å². The number of oxazole rings is 1. The lowest BCUT2D eigenvalue weighted by Crippen LogP contribution is -2.26. The average molecular weight is 483 g/mol. The van der Waals surface area contributed by atoms with E-state index in [1.54, 1.807) is 31.2 Å². The molecule has 0 unspecified atom stereocenters. The van der Waals surface area contributed by atoms with Gasteiger partial charge in [0.2, 0.25) is 0 Å². The molecule has 0 saturated carbocycles. The SMILES string of the molecule is Cc1nc2cc(Cl)c(N(C)C(=O)c3cccc(-n4nc(C(F)(F)F)c(Cl)c4C)c3)cc2o1. The van der Waals surface area contributed by atoms with Gasteiger partial charge in [-0.3, -0.25) is 4.79 Å². The van der Waals surface area contributed by atoms with Crippen LogP contribution in [0.15, 0.2) is 40.8 Å². The van der Waals surface area contributed by atoms with Crippen LogP contribution in [-0.2, 0) is 6.18 Å². The van der Waals surface area contributed by atoms with Crippen LogP contribution in [0.4, 0.5) is 18.9 Å². The number of amides is 1. The Morgan fingerprint density at radius 3 is 2.53 bits per heavy atom. The molecule has 6 nitrogen and oxygen atoms in total. The predicted octanol–water partition coefficient (Wildman–Crippen LogP) is 6.23. The number of aromatic nitrogens is 3. The minimum absolute atomic E-state index is 0.103. The Hall–Kier alpha value is -3.04. The molecule has 2 aromatic carbocycles. The van der Waals surface area contributed by atoms with Crippen LogP contribution in [0.3, 0.4) is 0 Å². The van der Waals surface area contributed by atoms with Crippen molar-refractivity contribution in [2.75, 3.05) is 11.9 Å². The van der Waals surface area contributed by atoms with E-state index in [2.05, 4.69) is 10.1 Å². The van der Waals surface area contributed by atoms with E-state index in [1.165, 1.54) is 31.0 Å². The molecule has 0 aliphatic carbocycles. The Balaban J connectivity index is 1.71. The first-order chi connectivity index (χ1) is 15.0. The molecule has 0 fully saturated rings. The van der Waals surface area contributed by atoms with Crippen molar-refractivity contribution in [3.8, 4) is 5.69 Å². The first-order valence-electron chi connectivity index (χ1n) is 9.25. The number of carbonyl (C=O) groups is 1. The number of carbonyl (C=O) groups excluding carboxylic acids is 1. The Kier molecular flexibility index (Phi) is 5.42. The van der Waals surface area contributed by atoms with E-state index < -0.39 is 22.8 Å². The van der Waals surface area contributed by atoms with Gasteiger partial charge < -0.3 is 9.32 Å². The third-order valence-electron chi connectivity index (χ3n) is 4.88. The maximum absolute atomic E-state index is 13.2. The highest BCUT2D eigenvalue weighted by atomic mass is 35.5. The van der Waals surface area contributed by atoms with Crippen molar-refractivity contribution in [1.29, 1.82) is 0 Å². The van der Waals surface area contributed by atoms with Crippen molar-refractivity contribution in [2.45, 2.75) is 20.0 Å². The van der Waals surface area contributed by atoms with Gasteiger partial charge in [-0.1, -0.05) is 29.3 Å². The second kappa shape index (κ2) is 7.83. The lowest BCUT2D eigenvalue weighted by atomic mass is 10.1. The van der Waals surface area contributed by atoms with E-state index in [-0.39, 0.29) is 16.9 Å². The van der Waals surface area contributed by atoms with E-state index in [9.17, 15) is 18.0 Å². The summed E-state index contributed by atoms with van der Waals surface area (Å²) in [5.74, 6) is 0.0256. The molecule has 0 bridgehead atoms. The average Bonchev–Trinajstić information content (AvgIpc) is 3.24. The standard InChI is InChI=1S/C21H15Cl2F3N4O2/c1-10-18(23)19(21(24,25)26)28-30(10)13-6-4-5-12(7-13)20(31)29(3)16-9-17-15(8-14(16)22)27-11(2)32-17/h4-9H,1-3H3. The summed E-state index contributed by atoms with van der Waals surface area (Å²) in [6.45, 7) is 3.11. The Morgan fingerprint density at radius 2 is 1.88 bits per heavy atom. The third kappa shape index (κ3) is 3.82. The summed E-state index contributed by atoms with van der Waals surface area (Å²) in [6.07, 6.45) is -4.70. The maximum Gasteiger partial charge on any atom is 0.436 e. The number of anilines is 1. The van der Waals surface area contributed by atoms with E-state index in [1.807, 2.05) is 0 Å². The molecular weight excluding hydrogens is 468 g/mol. The van der Waals surface area contributed by atoms with Gasteiger partial charge in [0.05, 0.1) is 27.1 Å². The van der Waals surface area contributed by atoms with Crippen molar-refractivity contribution < 1.29 is 22.4 Å². The van der Waals surface area contributed by atoms with Gasteiger partial charge in [0, 0.05) is 25.6 Å². The smallest absolute Gasteiger partial charge is 0.436 e. The van der Waals surface area contributed by atoms with Gasteiger partial charge in [0.15, 0.2) is 17.2 Å².